The highest BCUT2D eigenvalue weighted by Crippen LogP contribution is 2.27. The Bertz CT molecular complexity index is 652. The highest BCUT2D eigenvalue weighted by atomic mass is 35.5. The summed E-state index contributed by atoms with van der Waals surface area (Å²) in [5.41, 5.74) is 7.63. The van der Waals surface area contributed by atoms with Crippen molar-refractivity contribution in [3.8, 4) is 5.75 Å². The number of carbonyl (C=O) groups is 2. The number of benzene rings is 1. The van der Waals surface area contributed by atoms with E-state index in [4.69, 9.17) is 10.5 Å². The second kappa shape index (κ2) is 11.9. The first kappa shape index (κ1) is 24.2. The van der Waals surface area contributed by atoms with Gasteiger partial charge in [-0.1, -0.05) is 26.0 Å². The van der Waals surface area contributed by atoms with E-state index in [0.717, 1.165) is 36.1 Å². The summed E-state index contributed by atoms with van der Waals surface area (Å²) in [5, 5.41) is 2.89. The standard InChI is InChI=1S/C21H33N3O3.ClH/c1-15(2)18-8-7-16(3)12-19(18)27-14-21(26)24-11-5-4-6-17(24)13-23-20(25)9-10-22;/h7-8,12,15,17H,4-6,9-11,13-14,22H2,1-3H3,(H,23,25);1H. The summed E-state index contributed by atoms with van der Waals surface area (Å²) in [6.45, 7) is 7.80. The van der Waals surface area contributed by atoms with Gasteiger partial charge in [0.2, 0.25) is 5.91 Å². The smallest absolute Gasteiger partial charge is 0.260 e. The number of nitrogens with two attached hydrogens (primary N) is 1. The van der Waals surface area contributed by atoms with Crippen LogP contribution in [-0.2, 0) is 9.59 Å². The second-order valence-corrected chi connectivity index (χ2v) is 7.56. The average molecular weight is 412 g/mol. The maximum absolute atomic E-state index is 12.8. The Kier molecular flexibility index (Phi) is 10.3. The third kappa shape index (κ3) is 6.99. The number of hydrogen-bond acceptors (Lipinski definition) is 4. The van der Waals surface area contributed by atoms with Crippen LogP contribution in [0.4, 0.5) is 0 Å². The lowest BCUT2D eigenvalue weighted by molar-refractivity contribution is -0.137. The highest BCUT2D eigenvalue weighted by molar-refractivity contribution is 5.85. The topological polar surface area (TPSA) is 84.7 Å². The fourth-order valence-corrected chi connectivity index (χ4v) is 3.46. The number of likely N-dealkylation sites (tertiary alicyclic amines) is 1. The van der Waals surface area contributed by atoms with Crippen LogP contribution in [0.25, 0.3) is 0 Å². The van der Waals surface area contributed by atoms with Crippen molar-refractivity contribution in [1.82, 2.24) is 10.2 Å². The van der Waals surface area contributed by atoms with E-state index in [2.05, 4.69) is 31.3 Å². The van der Waals surface area contributed by atoms with Gasteiger partial charge in [-0.25, -0.2) is 0 Å². The molecule has 6 nitrogen and oxygen atoms in total. The number of hydrogen-bond donors (Lipinski definition) is 2. The van der Waals surface area contributed by atoms with Gasteiger partial charge in [0.1, 0.15) is 5.75 Å². The molecule has 3 N–H and O–H groups in total. The van der Waals surface area contributed by atoms with Crippen molar-refractivity contribution in [2.75, 3.05) is 26.2 Å². The summed E-state index contributed by atoms with van der Waals surface area (Å²) >= 11 is 0. The minimum atomic E-state index is -0.0620. The van der Waals surface area contributed by atoms with Gasteiger partial charge in [0.05, 0.1) is 0 Å². The second-order valence-electron chi connectivity index (χ2n) is 7.56. The van der Waals surface area contributed by atoms with Crippen LogP contribution in [0.2, 0.25) is 0 Å². The summed E-state index contributed by atoms with van der Waals surface area (Å²) in [6, 6.07) is 6.15. The van der Waals surface area contributed by atoms with Crippen LogP contribution in [0.5, 0.6) is 5.75 Å². The van der Waals surface area contributed by atoms with Gasteiger partial charge >= 0.3 is 0 Å². The third-order valence-electron chi connectivity index (χ3n) is 5.00. The number of ether oxygens (including phenoxy) is 1. The van der Waals surface area contributed by atoms with Gasteiger partial charge in [-0.05, 0) is 49.3 Å². The first-order chi connectivity index (χ1) is 12.9. The molecule has 0 saturated carbocycles. The molecule has 0 bridgehead atoms. The predicted octanol–water partition coefficient (Wildman–Crippen LogP) is 2.77. The number of carbonyl (C=O) groups excluding carboxylic acids is 2. The van der Waals surface area contributed by atoms with Crippen LogP contribution < -0.4 is 15.8 Å². The molecule has 1 aliphatic rings. The number of piperidine rings is 1. The summed E-state index contributed by atoms with van der Waals surface area (Å²) in [4.78, 5) is 26.3. The molecule has 158 valence electrons. The van der Waals surface area contributed by atoms with Crippen LogP contribution in [0.15, 0.2) is 18.2 Å². The largest absolute Gasteiger partial charge is 0.483 e. The normalized spacial score (nSPS) is 16.5. The van der Waals surface area contributed by atoms with Crippen LogP contribution in [0.3, 0.4) is 0 Å². The lowest BCUT2D eigenvalue weighted by Gasteiger charge is -2.36. The molecule has 1 saturated heterocycles. The molecule has 1 fully saturated rings. The first-order valence-electron chi connectivity index (χ1n) is 9.92. The fourth-order valence-electron chi connectivity index (χ4n) is 3.46. The molecule has 2 rings (SSSR count). The van der Waals surface area contributed by atoms with Gasteiger partial charge in [-0.3, -0.25) is 9.59 Å². The molecule has 28 heavy (non-hydrogen) atoms. The molecule has 0 radical (unpaired) electrons. The molecule has 1 aliphatic heterocycles. The lowest BCUT2D eigenvalue weighted by Crippen LogP contribution is -2.50. The monoisotopic (exact) mass is 411 g/mol. The maximum atomic E-state index is 12.8. The number of nitrogens with zero attached hydrogens (tertiary/aromatic N) is 1. The van der Waals surface area contributed by atoms with Crippen molar-refractivity contribution >= 4 is 24.2 Å². The Morgan fingerprint density at radius 2 is 2.07 bits per heavy atom. The van der Waals surface area contributed by atoms with Crippen LogP contribution in [0, 0.1) is 6.92 Å². The number of rotatable bonds is 8. The molecule has 7 heteroatoms. The molecular formula is C21H34ClN3O3. The summed E-state index contributed by atoms with van der Waals surface area (Å²) < 4.78 is 5.91. The molecule has 1 heterocycles. The van der Waals surface area contributed by atoms with Crippen molar-refractivity contribution in [2.24, 2.45) is 5.73 Å². The number of aryl methyl sites for hydroxylation is 1. The van der Waals surface area contributed by atoms with E-state index >= 15 is 0 Å². The van der Waals surface area contributed by atoms with E-state index < -0.39 is 0 Å². The molecule has 1 atom stereocenters. The molecule has 0 spiro atoms. The van der Waals surface area contributed by atoms with E-state index in [9.17, 15) is 9.59 Å². The van der Waals surface area contributed by atoms with Crippen molar-refractivity contribution in [1.29, 1.82) is 0 Å². The van der Waals surface area contributed by atoms with E-state index in [-0.39, 0.29) is 36.9 Å². The molecule has 2 amide bonds. The van der Waals surface area contributed by atoms with Crippen LogP contribution in [-0.4, -0.2) is 49.0 Å². The van der Waals surface area contributed by atoms with Crippen LogP contribution >= 0.6 is 12.4 Å². The third-order valence-corrected chi connectivity index (χ3v) is 5.00. The molecule has 1 aromatic carbocycles. The fraction of sp³-hybridized carbons (Fsp3) is 0.619. The molecule has 0 aliphatic carbocycles. The summed E-state index contributed by atoms with van der Waals surface area (Å²) in [6.07, 6.45) is 3.27. The average Bonchev–Trinajstić information content (AvgIpc) is 2.64. The number of halogens is 1. The van der Waals surface area contributed by atoms with Gasteiger partial charge < -0.3 is 20.7 Å². The van der Waals surface area contributed by atoms with Crippen molar-refractivity contribution in [3.63, 3.8) is 0 Å². The summed E-state index contributed by atoms with van der Waals surface area (Å²) in [7, 11) is 0. The first-order valence-corrected chi connectivity index (χ1v) is 9.92. The SMILES string of the molecule is Cc1ccc(C(C)C)c(OCC(=O)N2CCCCC2CNC(=O)CCN)c1.Cl. The van der Waals surface area contributed by atoms with E-state index in [1.807, 2.05) is 17.9 Å². The predicted molar refractivity (Wildman–Crippen MR) is 114 cm³/mol. The van der Waals surface area contributed by atoms with Crippen molar-refractivity contribution in [3.05, 3.63) is 29.3 Å². The Hall–Kier alpha value is -1.79. The van der Waals surface area contributed by atoms with E-state index in [0.29, 0.717) is 32.0 Å². The van der Waals surface area contributed by atoms with Gasteiger partial charge in [0.25, 0.3) is 5.91 Å². The Labute approximate surface area is 174 Å². The van der Waals surface area contributed by atoms with Gasteiger partial charge in [-0.15, -0.1) is 12.4 Å². The van der Waals surface area contributed by atoms with E-state index in [1.165, 1.54) is 0 Å². The maximum Gasteiger partial charge on any atom is 0.260 e. The Balaban J connectivity index is 0.00000392. The van der Waals surface area contributed by atoms with Crippen molar-refractivity contribution in [2.45, 2.75) is 58.4 Å². The van der Waals surface area contributed by atoms with Crippen molar-refractivity contribution < 1.29 is 14.3 Å². The van der Waals surface area contributed by atoms with Gasteiger partial charge in [0, 0.05) is 32.1 Å². The lowest BCUT2D eigenvalue weighted by atomic mass is 10.0. The zero-order chi connectivity index (χ0) is 19.8. The minimum Gasteiger partial charge on any atom is -0.483 e. The zero-order valence-corrected chi connectivity index (χ0v) is 18.0. The summed E-state index contributed by atoms with van der Waals surface area (Å²) in [5.74, 6) is 1.02. The Morgan fingerprint density at radius 3 is 2.75 bits per heavy atom. The number of nitrogens with one attached hydrogen (secondary N) is 1. The van der Waals surface area contributed by atoms with Gasteiger partial charge in [-0.2, -0.15) is 0 Å². The van der Waals surface area contributed by atoms with E-state index in [1.54, 1.807) is 0 Å². The molecular weight excluding hydrogens is 378 g/mol. The molecule has 1 aromatic rings. The quantitative estimate of drug-likeness (QED) is 0.688. The molecule has 1 unspecified atom stereocenters. The Morgan fingerprint density at radius 1 is 1.32 bits per heavy atom. The zero-order valence-electron chi connectivity index (χ0n) is 17.2. The molecule has 0 aromatic heterocycles. The minimum absolute atomic E-state index is 0. The van der Waals surface area contributed by atoms with Crippen LogP contribution in [0.1, 0.15) is 56.6 Å². The number of amides is 2. The van der Waals surface area contributed by atoms with Gasteiger partial charge in [0.15, 0.2) is 6.61 Å². The highest BCUT2D eigenvalue weighted by Gasteiger charge is 2.27.